The Balaban J connectivity index is 1.83. The van der Waals surface area contributed by atoms with Crippen LogP contribution in [0.4, 0.5) is 0 Å². The maximum absolute atomic E-state index is 12.2. The van der Waals surface area contributed by atoms with Gasteiger partial charge in [0.25, 0.3) is 5.91 Å². The lowest BCUT2D eigenvalue weighted by molar-refractivity contribution is 0.0735. The number of hydrogen-bond acceptors (Lipinski definition) is 2. The second-order valence-electron chi connectivity index (χ2n) is 4.26. The van der Waals surface area contributed by atoms with Gasteiger partial charge in [-0.3, -0.25) is 4.79 Å². The zero-order chi connectivity index (χ0) is 11.7. The number of amides is 1. The Morgan fingerprint density at radius 3 is 2.76 bits per heavy atom. The van der Waals surface area contributed by atoms with E-state index in [2.05, 4.69) is 18.2 Å². The third-order valence-corrected chi connectivity index (χ3v) is 3.87. The van der Waals surface area contributed by atoms with Gasteiger partial charge in [-0.2, -0.15) is 11.3 Å². The number of carbonyl (C=O) groups excluding carboxylic acids is 1. The second kappa shape index (κ2) is 4.34. The molecule has 2 heterocycles. The van der Waals surface area contributed by atoms with Crippen LogP contribution in [-0.4, -0.2) is 17.4 Å². The Bertz CT molecular complexity index is 533. The molecular weight excluding hydrogens is 230 g/mol. The monoisotopic (exact) mass is 243 g/mol. The highest BCUT2D eigenvalue weighted by molar-refractivity contribution is 7.08. The molecule has 0 bridgehead atoms. The number of benzene rings is 1. The molecule has 0 atom stereocenters. The molecule has 3 rings (SSSR count). The summed E-state index contributed by atoms with van der Waals surface area (Å²) in [6.07, 6.45) is 0.964. The highest BCUT2D eigenvalue weighted by Crippen LogP contribution is 2.20. The quantitative estimate of drug-likeness (QED) is 0.754. The van der Waals surface area contributed by atoms with Crippen molar-refractivity contribution >= 4 is 17.2 Å². The van der Waals surface area contributed by atoms with Gasteiger partial charge < -0.3 is 4.90 Å². The molecule has 0 aliphatic carbocycles. The largest absolute Gasteiger partial charge is 0.334 e. The summed E-state index contributed by atoms with van der Waals surface area (Å²) in [5, 5.41) is 3.87. The van der Waals surface area contributed by atoms with Crippen LogP contribution in [0.1, 0.15) is 21.5 Å². The minimum Gasteiger partial charge on any atom is -0.334 e. The van der Waals surface area contributed by atoms with Crippen LogP contribution in [0.15, 0.2) is 41.1 Å². The van der Waals surface area contributed by atoms with Crippen molar-refractivity contribution in [1.29, 1.82) is 0 Å². The smallest absolute Gasteiger partial charge is 0.255 e. The lowest BCUT2D eigenvalue weighted by atomic mass is 9.99. The zero-order valence-electron chi connectivity index (χ0n) is 9.43. The molecule has 0 unspecified atom stereocenters. The SMILES string of the molecule is O=C(c1ccsc1)N1CCc2ccccc2C1. The van der Waals surface area contributed by atoms with Gasteiger partial charge in [0.1, 0.15) is 0 Å². The summed E-state index contributed by atoms with van der Waals surface area (Å²) in [6, 6.07) is 10.3. The number of carbonyl (C=O) groups is 1. The van der Waals surface area contributed by atoms with Gasteiger partial charge in [-0.05, 0) is 29.0 Å². The fraction of sp³-hybridized carbons (Fsp3) is 0.214. The number of hydrogen-bond donors (Lipinski definition) is 0. The zero-order valence-corrected chi connectivity index (χ0v) is 10.2. The first-order valence-electron chi connectivity index (χ1n) is 5.73. The molecule has 3 heteroatoms. The maximum Gasteiger partial charge on any atom is 0.255 e. The summed E-state index contributed by atoms with van der Waals surface area (Å²) in [4.78, 5) is 14.1. The fourth-order valence-corrected chi connectivity index (χ4v) is 2.87. The minimum absolute atomic E-state index is 0.153. The van der Waals surface area contributed by atoms with Gasteiger partial charge in [-0.15, -0.1) is 0 Å². The molecule has 2 nitrogen and oxygen atoms in total. The van der Waals surface area contributed by atoms with Crippen LogP contribution >= 0.6 is 11.3 Å². The van der Waals surface area contributed by atoms with E-state index in [9.17, 15) is 4.79 Å². The lowest BCUT2D eigenvalue weighted by Crippen LogP contribution is -2.35. The fourth-order valence-electron chi connectivity index (χ4n) is 2.24. The number of fused-ring (bicyclic) bond motifs is 1. The summed E-state index contributed by atoms with van der Waals surface area (Å²) >= 11 is 1.57. The summed E-state index contributed by atoms with van der Waals surface area (Å²) in [5.41, 5.74) is 3.47. The van der Waals surface area contributed by atoms with Crippen molar-refractivity contribution in [2.75, 3.05) is 6.54 Å². The first-order chi connectivity index (χ1) is 8.34. The second-order valence-corrected chi connectivity index (χ2v) is 5.04. The first kappa shape index (κ1) is 10.5. The predicted octanol–water partition coefficient (Wildman–Crippen LogP) is 2.95. The van der Waals surface area contributed by atoms with Gasteiger partial charge in [-0.25, -0.2) is 0 Å². The van der Waals surface area contributed by atoms with Crippen molar-refractivity contribution in [3.05, 3.63) is 57.8 Å². The van der Waals surface area contributed by atoms with Gasteiger partial charge in [0.15, 0.2) is 0 Å². The van der Waals surface area contributed by atoms with Crippen LogP contribution in [0.25, 0.3) is 0 Å². The molecule has 0 N–H and O–H groups in total. The molecule has 1 aliphatic rings. The number of rotatable bonds is 1. The van der Waals surface area contributed by atoms with Gasteiger partial charge in [-0.1, -0.05) is 24.3 Å². The van der Waals surface area contributed by atoms with Gasteiger partial charge >= 0.3 is 0 Å². The molecule has 0 saturated carbocycles. The van der Waals surface area contributed by atoms with Gasteiger partial charge in [0, 0.05) is 18.5 Å². The summed E-state index contributed by atoms with van der Waals surface area (Å²) in [5.74, 6) is 0.153. The Morgan fingerprint density at radius 2 is 2.00 bits per heavy atom. The van der Waals surface area contributed by atoms with Crippen LogP contribution in [-0.2, 0) is 13.0 Å². The Morgan fingerprint density at radius 1 is 1.18 bits per heavy atom. The normalized spacial score (nSPS) is 14.5. The van der Waals surface area contributed by atoms with Crippen molar-refractivity contribution < 1.29 is 4.79 Å². The Hall–Kier alpha value is -1.61. The van der Waals surface area contributed by atoms with Gasteiger partial charge in [0.2, 0.25) is 0 Å². The number of thiophene rings is 1. The van der Waals surface area contributed by atoms with Crippen molar-refractivity contribution in [2.24, 2.45) is 0 Å². The summed E-state index contributed by atoms with van der Waals surface area (Å²) in [7, 11) is 0. The average Bonchev–Trinajstić information content (AvgIpc) is 2.91. The minimum atomic E-state index is 0.153. The highest BCUT2D eigenvalue weighted by atomic mass is 32.1. The standard InChI is InChI=1S/C14H13NOS/c16-14(13-6-8-17-10-13)15-7-5-11-3-1-2-4-12(11)9-15/h1-4,6,8,10H,5,7,9H2. The molecule has 1 aromatic carbocycles. The number of nitrogens with zero attached hydrogens (tertiary/aromatic N) is 1. The van der Waals surface area contributed by atoms with Crippen molar-refractivity contribution in [3.8, 4) is 0 Å². The Labute approximate surface area is 105 Å². The predicted molar refractivity (Wildman–Crippen MR) is 69.2 cm³/mol. The molecule has 0 fully saturated rings. The van der Waals surface area contributed by atoms with E-state index in [0.29, 0.717) is 0 Å². The first-order valence-corrected chi connectivity index (χ1v) is 6.67. The topological polar surface area (TPSA) is 20.3 Å². The van der Waals surface area contributed by atoms with E-state index in [1.807, 2.05) is 27.8 Å². The third-order valence-electron chi connectivity index (χ3n) is 3.19. The average molecular weight is 243 g/mol. The molecule has 1 aromatic heterocycles. The highest BCUT2D eigenvalue weighted by Gasteiger charge is 2.21. The van der Waals surface area contributed by atoms with Crippen LogP contribution in [0.5, 0.6) is 0 Å². The van der Waals surface area contributed by atoms with E-state index in [1.54, 1.807) is 11.3 Å². The molecule has 17 heavy (non-hydrogen) atoms. The van der Waals surface area contributed by atoms with Crippen molar-refractivity contribution in [2.45, 2.75) is 13.0 Å². The third kappa shape index (κ3) is 1.98. The van der Waals surface area contributed by atoms with Gasteiger partial charge in [0.05, 0.1) is 5.56 Å². The Kier molecular flexibility index (Phi) is 2.69. The maximum atomic E-state index is 12.2. The molecule has 0 radical (unpaired) electrons. The van der Waals surface area contributed by atoms with E-state index in [-0.39, 0.29) is 5.91 Å². The van der Waals surface area contributed by atoms with E-state index < -0.39 is 0 Å². The lowest BCUT2D eigenvalue weighted by Gasteiger charge is -2.28. The van der Waals surface area contributed by atoms with Crippen molar-refractivity contribution in [3.63, 3.8) is 0 Å². The van der Waals surface area contributed by atoms with Crippen LogP contribution in [0.3, 0.4) is 0 Å². The summed E-state index contributed by atoms with van der Waals surface area (Å²) in [6.45, 7) is 1.57. The summed E-state index contributed by atoms with van der Waals surface area (Å²) < 4.78 is 0. The molecule has 1 aliphatic heterocycles. The van der Waals surface area contributed by atoms with E-state index in [4.69, 9.17) is 0 Å². The van der Waals surface area contributed by atoms with E-state index in [0.717, 1.165) is 25.1 Å². The molecule has 86 valence electrons. The molecular formula is C14H13NOS. The van der Waals surface area contributed by atoms with Crippen LogP contribution < -0.4 is 0 Å². The molecule has 0 saturated heterocycles. The molecule has 2 aromatic rings. The molecule has 1 amide bonds. The van der Waals surface area contributed by atoms with Crippen molar-refractivity contribution in [1.82, 2.24) is 4.90 Å². The molecule has 0 spiro atoms. The van der Waals surface area contributed by atoms with Crippen LogP contribution in [0.2, 0.25) is 0 Å². The van der Waals surface area contributed by atoms with E-state index in [1.165, 1.54) is 11.1 Å². The van der Waals surface area contributed by atoms with E-state index >= 15 is 0 Å². The van der Waals surface area contributed by atoms with Crippen LogP contribution in [0, 0.1) is 0 Å².